The Balaban J connectivity index is 1.50. The molecule has 9 nitrogen and oxygen atoms in total. The van der Waals surface area contributed by atoms with E-state index in [1.807, 2.05) is 31.2 Å². The average Bonchev–Trinajstić information content (AvgIpc) is 3.25. The Kier molecular flexibility index (Phi) is 7.03. The molecule has 0 amide bonds. The van der Waals surface area contributed by atoms with Crippen LogP contribution in [0.2, 0.25) is 0 Å². The molecule has 3 N–H and O–H groups in total. The van der Waals surface area contributed by atoms with Crippen molar-refractivity contribution in [3.05, 3.63) is 65.9 Å². The fourth-order valence-corrected chi connectivity index (χ4v) is 5.43. The highest BCUT2D eigenvalue weighted by Crippen LogP contribution is 2.35. The zero-order valence-electron chi connectivity index (χ0n) is 21.3. The van der Waals surface area contributed by atoms with Gasteiger partial charge in [0, 0.05) is 5.56 Å². The number of ether oxygens (including phenoxy) is 1. The molecule has 0 radical (unpaired) electrons. The highest BCUT2D eigenvalue weighted by molar-refractivity contribution is 7.92. The van der Waals surface area contributed by atoms with E-state index in [-0.39, 0.29) is 5.75 Å². The van der Waals surface area contributed by atoms with E-state index in [9.17, 15) is 8.42 Å². The lowest BCUT2D eigenvalue weighted by Gasteiger charge is -2.24. The second-order valence-corrected chi connectivity index (χ2v) is 11.3. The van der Waals surface area contributed by atoms with Crippen molar-refractivity contribution in [3.63, 3.8) is 0 Å². The summed E-state index contributed by atoms with van der Waals surface area (Å²) in [5.41, 5.74) is 5.88. The summed E-state index contributed by atoms with van der Waals surface area (Å²) in [4.78, 5) is 4.53. The Hall–Kier alpha value is -3.63. The fourth-order valence-electron chi connectivity index (χ4n) is 4.77. The van der Waals surface area contributed by atoms with Gasteiger partial charge in [-0.25, -0.2) is 17.9 Å². The van der Waals surface area contributed by atoms with Crippen LogP contribution in [0.1, 0.15) is 36.8 Å². The first-order valence-electron chi connectivity index (χ1n) is 12.5. The van der Waals surface area contributed by atoms with Crippen LogP contribution < -0.4 is 20.1 Å². The lowest BCUT2D eigenvalue weighted by atomic mass is 9.90. The minimum absolute atomic E-state index is 0.0102. The van der Waals surface area contributed by atoms with Crippen LogP contribution in [0.4, 0.5) is 17.3 Å². The van der Waals surface area contributed by atoms with Gasteiger partial charge in [0.1, 0.15) is 5.75 Å². The summed E-state index contributed by atoms with van der Waals surface area (Å²) in [6.45, 7) is 5.65. The third-order valence-corrected chi connectivity index (χ3v) is 8.14. The summed E-state index contributed by atoms with van der Waals surface area (Å²) in [5.74, 6) is 1.66. The van der Waals surface area contributed by atoms with Crippen molar-refractivity contribution in [2.24, 2.45) is 0 Å². The SMILES string of the molecule is CCS(=O)(=O)Nc1ccccc1-c1cc(C)c2cnc(Nc3ccc(C4CCNCC4)cc3OC)nn12. The van der Waals surface area contributed by atoms with Gasteiger partial charge in [-0.1, -0.05) is 24.3 Å². The molecule has 5 rings (SSSR count). The van der Waals surface area contributed by atoms with E-state index in [1.54, 1.807) is 36.9 Å². The van der Waals surface area contributed by atoms with Gasteiger partial charge in [0.05, 0.1) is 41.6 Å². The topological polar surface area (TPSA) is 110 Å². The van der Waals surface area contributed by atoms with Gasteiger partial charge in [0.15, 0.2) is 0 Å². The number of fused-ring (bicyclic) bond motifs is 1. The quantitative estimate of drug-likeness (QED) is 0.309. The fraction of sp³-hybridized carbons (Fsp3) is 0.333. The number of rotatable bonds is 8. The van der Waals surface area contributed by atoms with Crippen LogP contribution in [0.15, 0.2) is 54.7 Å². The maximum atomic E-state index is 12.3. The van der Waals surface area contributed by atoms with Crippen molar-refractivity contribution in [1.82, 2.24) is 19.9 Å². The molecule has 0 unspecified atom stereocenters. The maximum Gasteiger partial charge on any atom is 0.245 e. The summed E-state index contributed by atoms with van der Waals surface area (Å²) in [7, 11) is -1.77. The van der Waals surface area contributed by atoms with Crippen LogP contribution in [0, 0.1) is 6.92 Å². The van der Waals surface area contributed by atoms with Crippen molar-refractivity contribution in [1.29, 1.82) is 0 Å². The standard InChI is InChI=1S/C27H32N6O3S/c1-4-37(34,35)32-22-8-6-5-7-21(22)24-15-18(2)25-17-29-27(31-33(24)25)30-23-10-9-20(16-26(23)36-3)19-11-13-28-14-12-19/h5-10,15-17,19,28,32H,4,11-14H2,1-3H3,(H,30,31). The van der Waals surface area contributed by atoms with Gasteiger partial charge >= 0.3 is 0 Å². The Morgan fingerprint density at radius 2 is 1.89 bits per heavy atom. The molecule has 1 saturated heterocycles. The van der Waals surface area contributed by atoms with Crippen LogP contribution in [0.3, 0.4) is 0 Å². The number of benzene rings is 2. The number of nitrogens with one attached hydrogen (secondary N) is 3. The van der Waals surface area contributed by atoms with Crippen LogP contribution in [0.5, 0.6) is 5.75 Å². The van der Waals surface area contributed by atoms with Crippen molar-refractivity contribution < 1.29 is 13.2 Å². The van der Waals surface area contributed by atoms with Gasteiger partial charge in [-0.3, -0.25) is 4.72 Å². The minimum atomic E-state index is -3.44. The normalized spacial score (nSPS) is 14.6. The molecule has 2 aromatic heterocycles. The van der Waals surface area contributed by atoms with E-state index < -0.39 is 10.0 Å². The smallest absolute Gasteiger partial charge is 0.245 e. The van der Waals surface area contributed by atoms with E-state index >= 15 is 0 Å². The molecule has 0 saturated carbocycles. The van der Waals surface area contributed by atoms with Crippen molar-refractivity contribution in [2.75, 3.05) is 36.0 Å². The first-order valence-corrected chi connectivity index (χ1v) is 14.1. The Labute approximate surface area is 217 Å². The zero-order chi connectivity index (χ0) is 26.0. The van der Waals surface area contributed by atoms with Crippen LogP contribution in [-0.4, -0.2) is 49.0 Å². The van der Waals surface area contributed by atoms with Gasteiger partial charge in [-0.15, -0.1) is 5.10 Å². The lowest BCUT2D eigenvalue weighted by Crippen LogP contribution is -2.26. The van der Waals surface area contributed by atoms with Gasteiger partial charge in [0.2, 0.25) is 16.0 Å². The number of nitrogens with zero attached hydrogens (tertiary/aromatic N) is 3. The van der Waals surface area contributed by atoms with Gasteiger partial charge in [-0.2, -0.15) is 0 Å². The molecule has 0 aliphatic carbocycles. The molecule has 3 heterocycles. The number of aromatic nitrogens is 3. The molecule has 0 bridgehead atoms. The molecular weight excluding hydrogens is 488 g/mol. The van der Waals surface area contributed by atoms with E-state index in [1.165, 1.54) is 5.56 Å². The summed E-state index contributed by atoms with van der Waals surface area (Å²) in [6, 6.07) is 15.6. The molecule has 1 aliphatic rings. The summed E-state index contributed by atoms with van der Waals surface area (Å²) >= 11 is 0. The number of aryl methyl sites for hydroxylation is 1. The van der Waals surface area contributed by atoms with E-state index in [0.29, 0.717) is 17.6 Å². The molecule has 1 fully saturated rings. The molecule has 4 aromatic rings. The second kappa shape index (κ2) is 10.4. The van der Waals surface area contributed by atoms with Crippen LogP contribution >= 0.6 is 0 Å². The Morgan fingerprint density at radius 3 is 2.65 bits per heavy atom. The molecule has 1 aliphatic heterocycles. The largest absolute Gasteiger partial charge is 0.495 e. The van der Waals surface area contributed by atoms with Crippen molar-refractivity contribution in [3.8, 4) is 17.0 Å². The van der Waals surface area contributed by atoms with Crippen molar-refractivity contribution in [2.45, 2.75) is 32.6 Å². The molecule has 0 spiro atoms. The average molecular weight is 521 g/mol. The number of hydrogen-bond donors (Lipinski definition) is 3. The number of piperidine rings is 1. The number of anilines is 3. The first-order chi connectivity index (χ1) is 17.9. The molecular formula is C27H32N6O3S. The minimum Gasteiger partial charge on any atom is -0.495 e. The molecule has 2 aromatic carbocycles. The van der Waals surface area contributed by atoms with Gasteiger partial charge in [-0.05, 0) is 81.1 Å². The Bertz CT molecular complexity index is 1530. The monoisotopic (exact) mass is 520 g/mol. The molecule has 37 heavy (non-hydrogen) atoms. The van der Waals surface area contributed by atoms with E-state index in [0.717, 1.165) is 59.7 Å². The molecule has 10 heteroatoms. The summed E-state index contributed by atoms with van der Waals surface area (Å²) in [5, 5.41) is 11.5. The number of para-hydroxylation sites is 1. The van der Waals surface area contributed by atoms with Crippen molar-refractivity contribution >= 4 is 32.9 Å². The molecule has 194 valence electrons. The lowest BCUT2D eigenvalue weighted by molar-refractivity contribution is 0.413. The third kappa shape index (κ3) is 5.26. The molecule has 0 atom stereocenters. The first kappa shape index (κ1) is 25.0. The van der Waals surface area contributed by atoms with Gasteiger partial charge < -0.3 is 15.4 Å². The van der Waals surface area contributed by atoms with E-state index in [2.05, 4.69) is 32.5 Å². The van der Waals surface area contributed by atoms with E-state index in [4.69, 9.17) is 9.84 Å². The zero-order valence-corrected chi connectivity index (χ0v) is 22.1. The van der Waals surface area contributed by atoms with Crippen LogP contribution in [-0.2, 0) is 10.0 Å². The van der Waals surface area contributed by atoms with Crippen LogP contribution in [0.25, 0.3) is 16.8 Å². The predicted octanol–water partition coefficient (Wildman–Crippen LogP) is 4.69. The third-order valence-electron chi connectivity index (χ3n) is 6.85. The summed E-state index contributed by atoms with van der Waals surface area (Å²) in [6.07, 6.45) is 3.99. The highest BCUT2D eigenvalue weighted by atomic mass is 32.2. The summed E-state index contributed by atoms with van der Waals surface area (Å²) < 4.78 is 34.8. The second-order valence-electron chi connectivity index (χ2n) is 9.25. The number of hydrogen-bond acceptors (Lipinski definition) is 7. The predicted molar refractivity (Wildman–Crippen MR) is 147 cm³/mol. The van der Waals surface area contributed by atoms with Gasteiger partial charge in [0.25, 0.3) is 0 Å². The Morgan fingerprint density at radius 1 is 1.11 bits per heavy atom. The highest BCUT2D eigenvalue weighted by Gasteiger charge is 2.19. The number of methoxy groups -OCH3 is 1. The number of sulfonamides is 1. The maximum absolute atomic E-state index is 12.3.